The molecular formula is C66H133NO4Si2. The van der Waals surface area contributed by atoms with Gasteiger partial charge in [0, 0.05) is 13.0 Å². The van der Waals surface area contributed by atoms with Crippen molar-refractivity contribution < 1.29 is 18.8 Å². The lowest BCUT2D eigenvalue weighted by Crippen LogP contribution is -2.54. The maximum atomic E-state index is 13.7. The van der Waals surface area contributed by atoms with Gasteiger partial charge in [0.1, 0.15) is 0 Å². The fourth-order valence-corrected chi connectivity index (χ4v) is 11.8. The summed E-state index contributed by atoms with van der Waals surface area (Å²) in [5.74, 6) is 0.151. The molecule has 0 fully saturated rings. The molecule has 0 aromatic rings. The summed E-state index contributed by atoms with van der Waals surface area (Å²) in [6, 6.07) is -0.196. The van der Waals surface area contributed by atoms with Gasteiger partial charge in [-0.05, 0) is 87.6 Å². The van der Waals surface area contributed by atoms with Gasteiger partial charge in [-0.2, -0.15) is 0 Å². The third kappa shape index (κ3) is 44.9. The van der Waals surface area contributed by atoms with Crippen molar-refractivity contribution in [3.05, 3.63) is 24.3 Å². The Hall–Kier alpha value is -0.736. The van der Waals surface area contributed by atoms with Crippen molar-refractivity contribution in [2.24, 2.45) is 0 Å². The van der Waals surface area contributed by atoms with Crippen LogP contribution in [0.15, 0.2) is 24.3 Å². The maximum absolute atomic E-state index is 13.7. The number of nitrogens with one attached hydrogen (secondary N) is 1. The Balaban J connectivity index is 4.32. The van der Waals surface area contributed by atoms with Crippen LogP contribution >= 0.6 is 0 Å². The smallest absolute Gasteiger partial charge is 0.220 e. The minimum Gasteiger partial charge on any atom is -0.415 e. The van der Waals surface area contributed by atoms with Gasteiger partial charge in [-0.15, -0.1) is 0 Å². The van der Waals surface area contributed by atoms with Crippen molar-refractivity contribution in [3.63, 3.8) is 0 Å². The molecule has 0 aliphatic carbocycles. The zero-order valence-corrected chi connectivity index (χ0v) is 53.7. The molecule has 0 aliphatic rings. The molecule has 0 aliphatic heterocycles. The highest BCUT2D eigenvalue weighted by molar-refractivity contribution is 6.74. The van der Waals surface area contributed by atoms with Gasteiger partial charge in [0.15, 0.2) is 16.6 Å². The number of carbonyl (C=O) groups excluding carboxylic acids is 1. The van der Waals surface area contributed by atoms with Gasteiger partial charge >= 0.3 is 0 Å². The first kappa shape index (κ1) is 72.3. The molecule has 0 aromatic heterocycles. The van der Waals surface area contributed by atoms with Crippen LogP contribution < -0.4 is 5.32 Å². The molecular weight excluding hydrogens is 927 g/mol. The van der Waals surface area contributed by atoms with Gasteiger partial charge in [0.2, 0.25) is 5.91 Å². The molecule has 1 amide bonds. The molecule has 2 atom stereocenters. The van der Waals surface area contributed by atoms with Crippen LogP contribution in [0.4, 0.5) is 0 Å². The Morgan fingerprint density at radius 3 is 1.07 bits per heavy atom. The summed E-state index contributed by atoms with van der Waals surface area (Å²) < 4.78 is 14.0. The lowest BCUT2D eigenvalue weighted by atomic mass is 10.0. The van der Waals surface area contributed by atoms with E-state index < -0.39 is 16.6 Å². The predicted octanol–water partition coefficient (Wildman–Crippen LogP) is 22.2. The number of aliphatic hydroxyl groups is 1. The van der Waals surface area contributed by atoms with Crippen LogP contribution in [-0.4, -0.2) is 53.0 Å². The lowest BCUT2D eigenvalue weighted by Gasteiger charge is -2.42. The highest BCUT2D eigenvalue weighted by Gasteiger charge is 2.42. The minimum absolute atomic E-state index is 0.0743. The van der Waals surface area contributed by atoms with Crippen molar-refractivity contribution in [1.29, 1.82) is 0 Å². The molecule has 0 aromatic carbocycles. The van der Waals surface area contributed by atoms with Crippen LogP contribution in [0, 0.1) is 0 Å². The number of hydrogen-bond acceptors (Lipinski definition) is 4. The molecule has 0 unspecified atom stereocenters. The van der Waals surface area contributed by atoms with Gasteiger partial charge < -0.3 is 19.3 Å². The van der Waals surface area contributed by atoms with Gasteiger partial charge in [0.25, 0.3) is 0 Å². The minimum atomic E-state index is -2.13. The Bertz CT molecular complexity index is 1250. The van der Waals surface area contributed by atoms with E-state index >= 15 is 0 Å². The Kier molecular flexibility index (Phi) is 47.9. The van der Waals surface area contributed by atoms with E-state index in [1.165, 1.54) is 250 Å². The van der Waals surface area contributed by atoms with Crippen LogP contribution in [0.25, 0.3) is 0 Å². The second kappa shape index (κ2) is 48.4. The number of aliphatic hydroxyl groups excluding tert-OH is 1. The fraction of sp³-hybridized carbons (Fsp3) is 0.924. The largest absolute Gasteiger partial charge is 0.415 e. The van der Waals surface area contributed by atoms with Crippen molar-refractivity contribution in [1.82, 2.24) is 5.32 Å². The first-order chi connectivity index (χ1) is 35.0. The van der Waals surface area contributed by atoms with E-state index in [0.717, 1.165) is 25.7 Å². The molecule has 434 valence electrons. The fourth-order valence-electron chi connectivity index (χ4n) is 9.52. The van der Waals surface area contributed by atoms with Crippen LogP contribution in [0.3, 0.4) is 0 Å². The van der Waals surface area contributed by atoms with E-state index in [-0.39, 0.29) is 28.1 Å². The van der Waals surface area contributed by atoms with Crippen molar-refractivity contribution >= 4 is 22.5 Å². The van der Waals surface area contributed by atoms with Crippen LogP contribution in [0.1, 0.15) is 331 Å². The Morgan fingerprint density at radius 2 is 0.740 bits per heavy atom. The third-order valence-electron chi connectivity index (χ3n) is 16.9. The summed E-state index contributed by atoms with van der Waals surface area (Å²) in [7, 11) is -4.16. The number of rotatable bonds is 54. The molecule has 0 radical (unpaired) electrons. The topological polar surface area (TPSA) is 67.8 Å². The number of unbranched alkanes of at least 4 members (excludes halogenated alkanes) is 40. The highest BCUT2D eigenvalue weighted by Crippen LogP contribution is 2.39. The molecule has 5 nitrogen and oxygen atoms in total. The second-order valence-corrected chi connectivity index (χ2v) is 35.7. The van der Waals surface area contributed by atoms with Gasteiger partial charge in [0.05, 0.1) is 18.8 Å². The SMILES string of the molecule is CCCCCCCCCCCCC/C=C/[C@@H](O[Si](C)(C)C(C)(C)C)[C@H](CO[Si](C)(C)C(C)(C)C)NC(=O)CCCCCCCCCCCCCCCCCCCCCCCCC/C=C/CCCCCCCCO. The summed E-state index contributed by atoms with van der Waals surface area (Å²) in [5.41, 5.74) is 0. The predicted molar refractivity (Wildman–Crippen MR) is 331 cm³/mol. The highest BCUT2D eigenvalue weighted by atomic mass is 28.4. The van der Waals surface area contributed by atoms with Crippen LogP contribution in [0.2, 0.25) is 36.3 Å². The average molecular weight is 1060 g/mol. The normalized spacial score (nSPS) is 13.8. The van der Waals surface area contributed by atoms with Crippen LogP contribution in [-0.2, 0) is 13.6 Å². The molecule has 0 saturated heterocycles. The van der Waals surface area contributed by atoms with E-state index in [0.29, 0.717) is 19.6 Å². The monoisotopic (exact) mass is 1060 g/mol. The van der Waals surface area contributed by atoms with Crippen molar-refractivity contribution in [2.75, 3.05) is 13.2 Å². The van der Waals surface area contributed by atoms with Gasteiger partial charge in [-0.1, -0.05) is 297 Å². The molecule has 0 bridgehead atoms. The van der Waals surface area contributed by atoms with E-state index in [2.05, 4.69) is 104 Å². The second-order valence-electron chi connectivity index (χ2n) is 26.1. The summed E-state index contributed by atoms with van der Waals surface area (Å²) in [6.07, 6.45) is 67.4. The van der Waals surface area contributed by atoms with Gasteiger partial charge in [-0.3, -0.25) is 4.79 Å². The molecule has 0 heterocycles. The van der Waals surface area contributed by atoms with E-state index in [1.54, 1.807) is 0 Å². The summed E-state index contributed by atoms with van der Waals surface area (Å²) >= 11 is 0. The maximum Gasteiger partial charge on any atom is 0.220 e. The molecule has 7 heteroatoms. The zero-order valence-electron chi connectivity index (χ0n) is 51.7. The molecule has 0 rings (SSSR count). The Morgan fingerprint density at radius 1 is 0.438 bits per heavy atom. The third-order valence-corrected chi connectivity index (χ3v) is 25.9. The van der Waals surface area contributed by atoms with Crippen molar-refractivity contribution in [2.45, 2.75) is 379 Å². The van der Waals surface area contributed by atoms with Crippen molar-refractivity contribution in [3.8, 4) is 0 Å². The van der Waals surface area contributed by atoms with E-state index in [1.807, 2.05) is 0 Å². The first-order valence-electron chi connectivity index (χ1n) is 32.5. The van der Waals surface area contributed by atoms with Gasteiger partial charge in [-0.25, -0.2) is 0 Å². The standard InChI is InChI=1S/C66H133NO4Si2/c1-12-13-14-15-16-17-18-40-43-46-49-52-55-58-63(71-73(10,11)66(5,6)7)62(61-70-72(8,9)65(2,3)4)67-64(69)59-56-53-50-47-44-41-38-36-34-32-30-28-26-24-22-20-19-21-23-25-27-29-31-33-35-37-39-42-45-48-51-54-57-60-68/h35,37,55,58,62-63,68H,12-34,36,38-54,56-57,59-61H2,1-11H3,(H,67,69)/b37-35+,58-55+/t62-,63+/m0/s1. The number of hydrogen-bond donors (Lipinski definition) is 2. The van der Waals surface area contributed by atoms with Crippen LogP contribution in [0.5, 0.6) is 0 Å². The Labute approximate surface area is 461 Å². The summed E-state index contributed by atoms with van der Waals surface area (Å²) in [6.45, 7) is 26.3. The average Bonchev–Trinajstić information content (AvgIpc) is 3.33. The zero-order chi connectivity index (χ0) is 54.2. The summed E-state index contributed by atoms with van der Waals surface area (Å²) in [5, 5.41) is 12.5. The number of amides is 1. The van der Waals surface area contributed by atoms with E-state index in [4.69, 9.17) is 14.0 Å². The first-order valence-corrected chi connectivity index (χ1v) is 38.3. The molecule has 73 heavy (non-hydrogen) atoms. The molecule has 2 N–H and O–H groups in total. The number of allylic oxidation sites excluding steroid dienone is 3. The van der Waals surface area contributed by atoms with E-state index in [9.17, 15) is 4.79 Å². The lowest BCUT2D eigenvalue weighted by molar-refractivity contribution is -0.122. The molecule has 0 saturated carbocycles. The quantitative estimate of drug-likeness (QED) is 0.0362. The molecule has 0 spiro atoms. The summed E-state index contributed by atoms with van der Waals surface area (Å²) in [4.78, 5) is 13.7. The number of carbonyl (C=O) groups is 1.